The number of anilines is 1. The molecule has 0 saturated heterocycles. The Morgan fingerprint density at radius 1 is 0.971 bits per heavy atom. The zero-order chi connectivity index (χ0) is 24.8. The molecule has 178 valence electrons. The van der Waals surface area contributed by atoms with Crippen molar-refractivity contribution in [2.45, 2.75) is 13.3 Å². The number of nitrogens with zero attached hydrogens (tertiary/aromatic N) is 3. The minimum Gasteiger partial charge on any atom is -0.493 e. The highest BCUT2D eigenvalue weighted by molar-refractivity contribution is 6.05. The van der Waals surface area contributed by atoms with Crippen LogP contribution in [0.3, 0.4) is 0 Å². The standard InChI is InChI=1S/C25H19F3N4O3/c1-2-34-20-11-4-3-10-19(20)24(33)32-21-15-30-22(23(31-21)17-8-6-12-29-14-17)16-7-5-9-18(13-16)35-25(26,27)28/h3-15H,2H2,1H3,(H,31,32,33). The molecule has 10 heteroatoms. The van der Waals surface area contributed by atoms with Gasteiger partial charge in [0.15, 0.2) is 5.82 Å². The van der Waals surface area contributed by atoms with Crippen molar-refractivity contribution in [2.24, 2.45) is 0 Å². The summed E-state index contributed by atoms with van der Waals surface area (Å²) in [5.41, 5.74) is 1.83. The van der Waals surface area contributed by atoms with Crippen LogP contribution in [0.1, 0.15) is 17.3 Å². The fourth-order valence-electron chi connectivity index (χ4n) is 3.32. The van der Waals surface area contributed by atoms with Crippen molar-refractivity contribution in [2.75, 3.05) is 11.9 Å². The van der Waals surface area contributed by atoms with E-state index in [1.54, 1.807) is 54.9 Å². The van der Waals surface area contributed by atoms with Gasteiger partial charge in [-0.25, -0.2) is 4.98 Å². The predicted molar refractivity (Wildman–Crippen MR) is 123 cm³/mol. The smallest absolute Gasteiger partial charge is 0.493 e. The quantitative estimate of drug-likeness (QED) is 0.362. The molecule has 0 radical (unpaired) electrons. The molecule has 0 fully saturated rings. The molecule has 0 aliphatic carbocycles. The molecule has 1 amide bonds. The van der Waals surface area contributed by atoms with Gasteiger partial charge in [0.25, 0.3) is 5.91 Å². The highest BCUT2D eigenvalue weighted by Crippen LogP contribution is 2.33. The molecule has 35 heavy (non-hydrogen) atoms. The highest BCUT2D eigenvalue weighted by Gasteiger charge is 2.31. The second kappa shape index (κ2) is 10.2. The minimum atomic E-state index is -4.83. The Balaban J connectivity index is 1.72. The van der Waals surface area contributed by atoms with E-state index in [9.17, 15) is 18.0 Å². The Hall–Kier alpha value is -4.47. The SMILES string of the molecule is CCOc1ccccc1C(=O)Nc1cnc(-c2cccc(OC(F)(F)F)c2)c(-c2cccnc2)n1. The van der Waals surface area contributed by atoms with Crippen LogP contribution in [0.25, 0.3) is 22.5 Å². The number of pyridine rings is 1. The summed E-state index contributed by atoms with van der Waals surface area (Å²) in [6.07, 6.45) is -0.389. The molecule has 7 nitrogen and oxygen atoms in total. The fraction of sp³-hybridized carbons (Fsp3) is 0.120. The molecule has 2 heterocycles. The van der Waals surface area contributed by atoms with Crippen LogP contribution in [-0.2, 0) is 0 Å². The van der Waals surface area contributed by atoms with E-state index in [1.165, 1.54) is 24.4 Å². The predicted octanol–water partition coefficient (Wildman–Crippen LogP) is 5.76. The topological polar surface area (TPSA) is 86.2 Å². The Bertz CT molecular complexity index is 1330. The lowest BCUT2D eigenvalue weighted by Crippen LogP contribution is -2.17. The third-order valence-electron chi connectivity index (χ3n) is 4.72. The molecule has 1 N–H and O–H groups in total. The number of benzene rings is 2. The minimum absolute atomic E-state index is 0.145. The van der Waals surface area contributed by atoms with Gasteiger partial charge in [-0.05, 0) is 43.3 Å². The first-order valence-corrected chi connectivity index (χ1v) is 10.5. The second-order valence-electron chi connectivity index (χ2n) is 7.15. The number of amides is 1. The van der Waals surface area contributed by atoms with E-state index in [1.807, 2.05) is 6.92 Å². The van der Waals surface area contributed by atoms with Gasteiger partial charge < -0.3 is 14.8 Å². The summed E-state index contributed by atoms with van der Waals surface area (Å²) >= 11 is 0. The molecule has 2 aromatic carbocycles. The van der Waals surface area contributed by atoms with Gasteiger partial charge in [-0.15, -0.1) is 13.2 Å². The van der Waals surface area contributed by atoms with E-state index >= 15 is 0 Å². The van der Waals surface area contributed by atoms with Crippen molar-refractivity contribution in [3.63, 3.8) is 0 Å². The number of alkyl halides is 3. The van der Waals surface area contributed by atoms with Crippen LogP contribution in [0.4, 0.5) is 19.0 Å². The van der Waals surface area contributed by atoms with Gasteiger partial charge >= 0.3 is 6.36 Å². The number of halogens is 3. The molecule has 4 rings (SSSR count). The van der Waals surface area contributed by atoms with Crippen LogP contribution in [0.2, 0.25) is 0 Å². The molecule has 4 aromatic rings. The van der Waals surface area contributed by atoms with Crippen molar-refractivity contribution < 1.29 is 27.4 Å². The van der Waals surface area contributed by atoms with Crippen LogP contribution >= 0.6 is 0 Å². The molecular formula is C25H19F3N4O3. The van der Waals surface area contributed by atoms with E-state index in [0.717, 1.165) is 0 Å². The second-order valence-corrected chi connectivity index (χ2v) is 7.15. The number of ether oxygens (including phenoxy) is 2. The van der Waals surface area contributed by atoms with Gasteiger partial charge in [0.2, 0.25) is 0 Å². The van der Waals surface area contributed by atoms with Crippen molar-refractivity contribution in [3.8, 4) is 34.0 Å². The van der Waals surface area contributed by atoms with Gasteiger partial charge in [-0.3, -0.25) is 14.8 Å². The Labute approximate surface area is 198 Å². The summed E-state index contributed by atoms with van der Waals surface area (Å²) in [6.45, 7) is 2.20. The van der Waals surface area contributed by atoms with E-state index in [0.29, 0.717) is 40.4 Å². The largest absolute Gasteiger partial charge is 0.573 e. The number of para-hydroxylation sites is 1. The number of carbonyl (C=O) groups excluding carboxylic acids is 1. The molecule has 0 saturated carbocycles. The van der Waals surface area contributed by atoms with Gasteiger partial charge in [-0.1, -0.05) is 24.3 Å². The first kappa shape index (κ1) is 23.7. The van der Waals surface area contributed by atoms with Gasteiger partial charge in [0.1, 0.15) is 17.2 Å². The number of carbonyl (C=O) groups is 1. The lowest BCUT2D eigenvalue weighted by molar-refractivity contribution is -0.274. The highest BCUT2D eigenvalue weighted by atomic mass is 19.4. The van der Waals surface area contributed by atoms with E-state index in [2.05, 4.69) is 25.0 Å². The summed E-state index contributed by atoms with van der Waals surface area (Å²) < 4.78 is 47.7. The maximum atomic E-state index is 12.9. The molecule has 0 spiro atoms. The molecule has 0 aliphatic rings. The first-order chi connectivity index (χ1) is 16.8. The molecule has 0 bridgehead atoms. The summed E-state index contributed by atoms with van der Waals surface area (Å²) in [5.74, 6) is -0.273. The van der Waals surface area contributed by atoms with Crippen molar-refractivity contribution in [1.29, 1.82) is 0 Å². The number of hydrogen-bond donors (Lipinski definition) is 1. The molecule has 0 atom stereocenters. The van der Waals surface area contributed by atoms with Crippen molar-refractivity contribution >= 4 is 11.7 Å². The third-order valence-corrected chi connectivity index (χ3v) is 4.72. The lowest BCUT2D eigenvalue weighted by atomic mass is 10.1. The molecular weight excluding hydrogens is 461 g/mol. The molecule has 0 aliphatic heterocycles. The Morgan fingerprint density at radius 3 is 2.51 bits per heavy atom. The number of nitrogens with one attached hydrogen (secondary N) is 1. The van der Waals surface area contributed by atoms with Crippen molar-refractivity contribution in [1.82, 2.24) is 15.0 Å². The summed E-state index contributed by atoms with van der Waals surface area (Å²) in [5, 5.41) is 2.70. The maximum absolute atomic E-state index is 12.9. The molecule has 2 aromatic heterocycles. The molecule has 0 unspecified atom stereocenters. The third kappa shape index (κ3) is 5.91. The van der Waals surface area contributed by atoms with Gasteiger partial charge in [-0.2, -0.15) is 0 Å². The zero-order valence-electron chi connectivity index (χ0n) is 18.4. The van der Waals surface area contributed by atoms with Gasteiger partial charge in [0, 0.05) is 23.5 Å². The van der Waals surface area contributed by atoms with E-state index in [-0.39, 0.29) is 11.6 Å². The maximum Gasteiger partial charge on any atom is 0.573 e. The summed E-state index contributed by atoms with van der Waals surface area (Å²) in [6, 6.07) is 15.6. The van der Waals surface area contributed by atoms with Crippen LogP contribution in [0, 0.1) is 0 Å². The average Bonchev–Trinajstić information content (AvgIpc) is 2.84. The summed E-state index contributed by atoms with van der Waals surface area (Å²) in [7, 11) is 0. The number of hydrogen-bond acceptors (Lipinski definition) is 6. The van der Waals surface area contributed by atoms with Gasteiger partial charge in [0.05, 0.1) is 24.1 Å². The van der Waals surface area contributed by atoms with Crippen LogP contribution < -0.4 is 14.8 Å². The van der Waals surface area contributed by atoms with Crippen LogP contribution in [-0.4, -0.2) is 33.8 Å². The Morgan fingerprint density at radius 2 is 1.77 bits per heavy atom. The normalized spacial score (nSPS) is 11.1. The van der Waals surface area contributed by atoms with Crippen molar-refractivity contribution in [3.05, 3.63) is 84.8 Å². The van der Waals surface area contributed by atoms with Crippen LogP contribution in [0.15, 0.2) is 79.3 Å². The monoisotopic (exact) mass is 480 g/mol. The Kier molecular flexibility index (Phi) is 6.91. The first-order valence-electron chi connectivity index (χ1n) is 10.5. The fourth-order valence-corrected chi connectivity index (χ4v) is 3.32. The summed E-state index contributed by atoms with van der Waals surface area (Å²) in [4.78, 5) is 25.9. The van der Waals surface area contributed by atoms with Crippen LogP contribution in [0.5, 0.6) is 11.5 Å². The zero-order valence-corrected chi connectivity index (χ0v) is 18.4. The van der Waals surface area contributed by atoms with E-state index < -0.39 is 12.3 Å². The number of rotatable bonds is 7. The lowest BCUT2D eigenvalue weighted by Gasteiger charge is -2.14. The average molecular weight is 480 g/mol. The van der Waals surface area contributed by atoms with E-state index in [4.69, 9.17) is 4.74 Å². The number of aromatic nitrogens is 3.